The monoisotopic (exact) mass is 348 g/mol. The van der Waals surface area contributed by atoms with E-state index in [4.69, 9.17) is 16.2 Å². The third-order valence-corrected chi connectivity index (χ3v) is 3.80. The molecule has 5 N–H and O–H groups in total. The van der Waals surface area contributed by atoms with Gasteiger partial charge in [0.15, 0.2) is 0 Å². The van der Waals surface area contributed by atoms with Gasteiger partial charge in [-0.25, -0.2) is 9.59 Å². The Morgan fingerprint density at radius 2 is 1.42 bits per heavy atom. The summed E-state index contributed by atoms with van der Waals surface area (Å²) in [5.41, 5.74) is 14.1. The molecule has 0 aromatic heterocycles. The standard InChI is InChI=1S/C20H16N2O4/c21-14-5-1-13(2-6-14)20(25)26-16-8-3-12(4-9-16)18-11-15(22)7-10-17(18)19(23)24/h1-11H,21-22H2,(H,23,24). The highest BCUT2D eigenvalue weighted by Crippen LogP contribution is 2.28. The first-order valence-electron chi connectivity index (χ1n) is 7.75. The molecule has 130 valence electrons. The van der Waals surface area contributed by atoms with Crippen molar-refractivity contribution in [2.24, 2.45) is 0 Å². The van der Waals surface area contributed by atoms with E-state index in [-0.39, 0.29) is 5.56 Å². The minimum absolute atomic E-state index is 0.144. The van der Waals surface area contributed by atoms with Crippen LogP contribution in [0.2, 0.25) is 0 Å². The lowest BCUT2D eigenvalue weighted by molar-refractivity contribution is 0.0695. The maximum Gasteiger partial charge on any atom is 0.343 e. The van der Waals surface area contributed by atoms with Crippen LogP contribution in [0.5, 0.6) is 5.75 Å². The lowest BCUT2D eigenvalue weighted by Crippen LogP contribution is -2.08. The molecule has 0 aliphatic rings. The van der Waals surface area contributed by atoms with E-state index < -0.39 is 11.9 Å². The number of carbonyl (C=O) groups excluding carboxylic acids is 1. The van der Waals surface area contributed by atoms with Crippen LogP contribution in [-0.4, -0.2) is 17.0 Å². The molecule has 3 aromatic carbocycles. The van der Waals surface area contributed by atoms with Gasteiger partial charge in [0.25, 0.3) is 0 Å². The van der Waals surface area contributed by atoms with Gasteiger partial charge in [-0.15, -0.1) is 0 Å². The molecule has 0 aliphatic carbocycles. The predicted molar refractivity (Wildman–Crippen MR) is 99.1 cm³/mol. The van der Waals surface area contributed by atoms with Crippen LogP contribution in [0.4, 0.5) is 11.4 Å². The maximum atomic E-state index is 12.1. The Kier molecular flexibility index (Phi) is 4.57. The molecule has 0 amide bonds. The highest BCUT2D eigenvalue weighted by molar-refractivity contribution is 5.97. The van der Waals surface area contributed by atoms with Gasteiger partial charge in [-0.1, -0.05) is 12.1 Å². The number of benzene rings is 3. The van der Waals surface area contributed by atoms with Gasteiger partial charge in [-0.3, -0.25) is 0 Å². The summed E-state index contributed by atoms with van der Waals surface area (Å²) >= 11 is 0. The fourth-order valence-corrected chi connectivity index (χ4v) is 2.47. The Labute approximate surface area is 149 Å². The summed E-state index contributed by atoms with van der Waals surface area (Å²) in [6, 6.07) is 17.5. The fourth-order valence-electron chi connectivity index (χ4n) is 2.47. The van der Waals surface area contributed by atoms with E-state index in [0.717, 1.165) is 0 Å². The summed E-state index contributed by atoms with van der Waals surface area (Å²) in [6.07, 6.45) is 0. The van der Waals surface area contributed by atoms with Gasteiger partial charge in [0.1, 0.15) is 5.75 Å². The van der Waals surface area contributed by atoms with Crippen molar-refractivity contribution >= 4 is 23.3 Å². The van der Waals surface area contributed by atoms with Crippen molar-refractivity contribution in [3.05, 3.63) is 77.9 Å². The average Bonchev–Trinajstić information content (AvgIpc) is 2.62. The molecule has 0 heterocycles. The number of anilines is 2. The van der Waals surface area contributed by atoms with Crippen LogP contribution < -0.4 is 16.2 Å². The number of hydrogen-bond acceptors (Lipinski definition) is 5. The predicted octanol–water partition coefficient (Wildman–Crippen LogP) is 3.44. The van der Waals surface area contributed by atoms with Crippen molar-refractivity contribution in [1.82, 2.24) is 0 Å². The number of aromatic carboxylic acids is 1. The van der Waals surface area contributed by atoms with Gasteiger partial charge in [0, 0.05) is 11.4 Å². The number of nitrogen functional groups attached to an aromatic ring is 2. The van der Waals surface area contributed by atoms with Gasteiger partial charge in [-0.2, -0.15) is 0 Å². The van der Waals surface area contributed by atoms with Crippen LogP contribution in [-0.2, 0) is 0 Å². The molecule has 0 spiro atoms. The number of carboxylic acids is 1. The van der Waals surface area contributed by atoms with Gasteiger partial charge in [0.05, 0.1) is 11.1 Å². The lowest BCUT2D eigenvalue weighted by Gasteiger charge is -2.09. The van der Waals surface area contributed by atoms with E-state index in [9.17, 15) is 14.7 Å². The van der Waals surface area contributed by atoms with Gasteiger partial charge >= 0.3 is 11.9 Å². The van der Waals surface area contributed by atoms with E-state index >= 15 is 0 Å². The summed E-state index contributed by atoms with van der Waals surface area (Å²) in [6.45, 7) is 0. The van der Waals surface area contributed by atoms with Crippen LogP contribution in [0.1, 0.15) is 20.7 Å². The van der Waals surface area contributed by atoms with E-state index in [1.54, 1.807) is 54.6 Å². The third kappa shape index (κ3) is 3.64. The van der Waals surface area contributed by atoms with Crippen LogP contribution in [0, 0.1) is 0 Å². The summed E-state index contributed by atoms with van der Waals surface area (Å²) in [7, 11) is 0. The minimum Gasteiger partial charge on any atom is -0.478 e. The van der Waals surface area contributed by atoms with E-state index in [1.165, 1.54) is 12.1 Å². The molecule has 3 rings (SSSR count). The van der Waals surface area contributed by atoms with Gasteiger partial charge in [-0.05, 0) is 65.7 Å². The number of hydrogen-bond donors (Lipinski definition) is 3. The largest absolute Gasteiger partial charge is 0.478 e. The first kappa shape index (κ1) is 17.0. The van der Waals surface area contributed by atoms with Crippen LogP contribution in [0.15, 0.2) is 66.7 Å². The fraction of sp³-hybridized carbons (Fsp3) is 0. The molecule has 0 fully saturated rings. The summed E-state index contributed by atoms with van der Waals surface area (Å²) in [4.78, 5) is 23.5. The SMILES string of the molecule is Nc1ccc(C(=O)Oc2ccc(-c3cc(N)ccc3C(=O)O)cc2)cc1. The number of nitrogens with two attached hydrogens (primary N) is 2. The van der Waals surface area contributed by atoms with Crippen molar-refractivity contribution in [3.63, 3.8) is 0 Å². The average molecular weight is 348 g/mol. The normalized spacial score (nSPS) is 10.3. The molecule has 0 radical (unpaired) electrons. The second kappa shape index (κ2) is 6.98. The number of esters is 1. The van der Waals surface area contributed by atoms with Crippen molar-refractivity contribution < 1.29 is 19.4 Å². The smallest absolute Gasteiger partial charge is 0.343 e. The number of carbonyl (C=O) groups is 2. The molecular formula is C20H16N2O4. The summed E-state index contributed by atoms with van der Waals surface area (Å²) in [5, 5.41) is 9.32. The lowest BCUT2D eigenvalue weighted by atomic mass is 9.99. The molecule has 0 atom stereocenters. The van der Waals surface area contributed by atoms with Crippen LogP contribution >= 0.6 is 0 Å². The summed E-state index contributed by atoms with van der Waals surface area (Å²) in [5.74, 6) is -1.21. The second-order valence-electron chi connectivity index (χ2n) is 5.65. The van der Waals surface area contributed by atoms with E-state index in [0.29, 0.717) is 33.8 Å². The Morgan fingerprint density at radius 1 is 0.808 bits per heavy atom. The zero-order valence-corrected chi connectivity index (χ0v) is 13.7. The molecule has 3 aromatic rings. The van der Waals surface area contributed by atoms with Crippen LogP contribution in [0.25, 0.3) is 11.1 Å². The van der Waals surface area contributed by atoms with E-state index in [2.05, 4.69) is 0 Å². The molecule has 0 aliphatic heterocycles. The quantitative estimate of drug-likeness (QED) is 0.378. The van der Waals surface area contributed by atoms with Gasteiger partial charge in [0.2, 0.25) is 0 Å². The number of ether oxygens (including phenoxy) is 1. The molecule has 26 heavy (non-hydrogen) atoms. The highest BCUT2D eigenvalue weighted by atomic mass is 16.5. The van der Waals surface area contributed by atoms with Gasteiger partial charge < -0.3 is 21.3 Å². The zero-order valence-electron chi connectivity index (χ0n) is 13.7. The Hall–Kier alpha value is -3.80. The van der Waals surface area contributed by atoms with Crippen molar-refractivity contribution in [3.8, 4) is 16.9 Å². The molecule has 0 bridgehead atoms. The molecular weight excluding hydrogens is 332 g/mol. The molecule has 6 heteroatoms. The Balaban J connectivity index is 1.83. The topological polar surface area (TPSA) is 116 Å². The molecule has 0 saturated carbocycles. The number of carboxylic acid groups (broad SMARTS) is 1. The second-order valence-corrected chi connectivity index (χ2v) is 5.65. The van der Waals surface area contributed by atoms with E-state index in [1.807, 2.05) is 0 Å². The Bertz CT molecular complexity index is 964. The molecule has 6 nitrogen and oxygen atoms in total. The third-order valence-electron chi connectivity index (χ3n) is 3.80. The first-order valence-corrected chi connectivity index (χ1v) is 7.75. The molecule has 0 unspecified atom stereocenters. The first-order chi connectivity index (χ1) is 12.4. The van der Waals surface area contributed by atoms with Crippen molar-refractivity contribution in [2.45, 2.75) is 0 Å². The zero-order chi connectivity index (χ0) is 18.7. The highest BCUT2D eigenvalue weighted by Gasteiger charge is 2.13. The maximum absolute atomic E-state index is 12.1. The van der Waals surface area contributed by atoms with Crippen LogP contribution in [0.3, 0.4) is 0 Å². The molecule has 0 saturated heterocycles. The Morgan fingerprint density at radius 3 is 2.04 bits per heavy atom. The van der Waals surface area contributed by atoms with Crippen molar-refractivity contribution in [1.29, 1.82) is 0 Å². The van der Waals surface area contributed by atoms with Crippen molar-refractivity contribution in [2.75, 3.05) is 11.5 Å². The summed E-state index contributed by atoms with van der Waals surface area (Å²) < 4.78 is 5.31. The number of rotatable bonds is 4. The minimum atomic E-state index is -1.04.